The smallest absolute Gasteiger partial charge is 0.254 e. The molecule has 2 aliphatic rings. The fourth-order valence-electron chi connectivity index (χ4n) is 5.49. The number of anilines is 2. The van der Waals surface area contributed by atoms with Gasteiger partial charge in [0.15, 0.2) is 0 Å². The first kappa shape index (κ1) is 26.3. The van der Waals surface area contributed by atoms with Crippen LogP contribution < -0.4 is 9.80 Å². The number of aromatic nitrogens is 4. The summed E-state index contributed by atoms with van der Waals surface area (Å²) in [5.41, 5.74) is 5.27. The Morgan fingerprint density at radius 1 is 0.850 bits per heavy atom. The van der Waals surface area contributed by atoms with Crippen molar-refractivity contribution >= 4 is 23.3 Å². The Morgan fingerprint density at radius 2 is 1.60 bits per heavy atom. The number of aryl methyl sites for hydroxylation is 1. The molecule has 9 heteroatoms. The summed E-state index contributed by atoms with van der Waals surface area (Å²) in [6, 6.07) is 18.7. The van der Waals surface area contributed by atoms with Crippen LogP contribution >= 0.6 is 0 Å². The van der Waals surface area contributed by atoms with Crippen LogP contribution in [0.4, 0.5) is 11.6 Å². The zero-order valence-electron chi connectivity index (χ0n) is 23.2. The van der Waals surface area contributed by atoms with E-state index in [-0.39, 0.29) is 5.91 Å². The van der Waals surface area contributed by atoms with E-state index in [1.807, 2.05) is 27.6 Å². The summed E-state index contributed by atoms with van der Waals surface area (Å²) in [6.07, 6.45) is 6.51. The van der Waals surface area contributed by atoms with E-state index in [9.17, 15) is 4.79 Å². The lowest BCUT2D eigenvalue weighted by Gasteiger charge is -2.34. The molecule has 1 amide bonds. The molecule has 2 aromatic carbocycles. The quantitative estimate of drug-likeness (QED) is 0.309. The number of carbonyl (C=O) groups is 1. The third-order valence-corrected chi connectivity index (χ3v) is 7.89. The van der Waals surface area contributed by atoms with E-state index >= 15 is 0 Å². The molecule has 0 bridgehead atoms. The standard InChI is InChI=1S/C31H37N7O2/c1-2-3-4-5-24-6-8-26(9-7-24)29(39)36-16-18-37(19-17-36)31-33-30-32-15-14-28(38(30)34-31)25-10-12-27(13-11-25)35-20-22-40-23-21-35/h6-15H,2-5,16-23H2,1H3. The number of carbonyl (C=O) groups excluding carboxylic acids is 1. The number of ether oxygens (including phenoxy) is 1. The van der Waals surface area contributed by atoms with Gasteiger partial charge < -0.3 is 19.4 Å². The van der Waals surface area contributed by atoms with Gasteiger partial charge in [-0.3, -0.25) is 4.79 Å². The maximum Gasteiger partial charge on any atom is 0.254 e. The third-order valence-electron chi connectivity index (χ3n) is 7.89. The SMILES string of the molecule is CCCCCc1ccc(C(=O)N2CCN(c3nc4nccc(-c5ccc(N6CCOCC6)cc5)n4n3)CC2)cc1. The fourth-order valence-corrected chi connectivity index (χ4v) is 5.49. The van der Waals surface area contributed by atoms with E-state index in [0.717, 1.165) is 49.5 Å². The molecule has 2 fully saturated rings. The normalized spacial score (nSPS) is 16.1. The first-order chi connectivity index (χ1) is 19.7. The molecule has 2 saturated heterocycles. The minimum absolute atomic E-state index is 0.0900. The van der Waals surface area contributed by atoms with Crippen LogP contribution in [0.25, 0.3) is 17.0 Å². The lowest BCUT2D eigenvalue weighted by atomic mass is 10.0. The second kappa shape index (κ2) is 12.0. The Labute approximate surface area is 235 Å². The number of hydrogen-bond donors (Lipinski definition) is 0. The van der Waals surface area contributed by atoms with E-state index < -0.39 is 0 Å². The Bertz CT molecular complexity index is 1420. The molecule has 4 heterocycles. The zero-order valence-corrected chi connectivity index (χ0v) is 23.2. The van der Waals surface area contributed by atoms with Crippen molar-refractivity contribution in [2.24, 2.45) is 0 Å². The number of piperazine rings is 1. The van der Waals surface area contributed by atoms with Gasteiger partial charge in [-0.2, -0.15) is 9.50 Å². The number of hydrogen-bond acceptors (Lipinski definition) is 7. The van der Waals surface area contributed by atoms with Gasteiger partial charge in [-0.25, -0.2) is 4.98 Å². The predicted octanol–water partition coefficient (Wildman–Crippen LogP) is 4.32. The van der Waals surface area contributed by atoms with Crippen LogP contribution in [0.1, 0.15) is 42.1 Å². The Morgan fingerprint density at radius 3 is 2.33 bits per heavy atom. The molecule has 208 valence electrons. The molecule has 0 unspecified atom stereocenters. The van der Waals surface area contributed by atoms with E-state index in [1.54, 1.807) is 6.20 Å². The minimum atomic E-state index is 0.0900. The highest BCUT2D eigenvalue weighted by atomic mass is 16.5. The fraction of sp³-hybridized carbons (Fsp3) is 0.419. The average molecular weight is 540 g/mol. The lowest BCUT2D eigenvalue weighted by Crippen LogP contribution is -2.49. The molecule has 4 aromatic rings. The van der Waals surface area contributed by atoms with Gasteiger partial charge >= 0.3 is 0 Å². The summed E-state index contributed by atoms with van der Waals surface area (Å²) in [5, 5.41) is 4.83. The van der Waals surface area contributed by atoms with Gasteiger partial charge in [-0.05, 0) is 48.7 Å². The van der Waals surface area contributed by atoms with Crippen LogP contribution in [0.3, 0.4) is 0 Å². The van der Waals surface area contributed by atoms with Crippen molar-refractivity contribution in [3.63, 3.8) is 0 Å². The summed E-state index contributed by atoms with van der Waals surface area (Å²) in [7, 11) is 0. The van der Waals surface area contributed by atoms with Crippen molar-refractivity contribution in [2.45, 2.75) is 32.6 Å². The highest BCUT2D eigenvalue weighted by molar-refractivity contribution is 5.94. The molecular weight excluding hydrogens is 502 g/mol. The molecule has 2 aliphatic heterocycles. The first-order valence-electron chi connectivity index (χ1n) is 14.5. The number of amides is 1. The minimum Gasteiger partial charge on any atom is -0.378 e. The highest BCUT2D eigenvalue weighted by Crippen LogP contribution is 2.25. The second-order valence-electron chi connectivity index (χ2n) is 10.5. The summed E-state index contributed by atoms with van der Waals surface area (Å²) in [4.78, 5) is 28.7. The zero-order chi connectivity index (χ0) is 27.3. The van der Waals surface area contributed by atoms with Crippen molar-refractivity contribution in [3.05, 3.63) is 71.9 Å². The van der Waals surface area contributed by atoms with Crippen molar-refractivity contribution in [1.29, 1.82) is 0 Å². The predicted molar refractivity (Wildman–Crippen MR) is 157 cm³/mol. The number of fused-ring (bicyclic) bond motifs is 1. The van der Waals surface area contributed by atoms with E-state index in [1.165, 1.54) is 30.5 Å². The monoisotopic (exact) mass is 539 g/mol. The molecule has 9 nitrogen and oxygen atoms in total. The van der Waals surface area contributed by atoms with E-state index in [0.29, 0.717) is 37.9 Å². The summed E-state index contributed by atoms with van der Waals surface area (Å²) >= 11 is 0. The number of unbranched alkanes of at least 4 members (excludes halogenated alkanes) is 2. The van der Waals surface area contributed by atoms with Gasteiger partial charge in [0.05, 0.1) is 18.9 Å². The molecule has 0 N–H and O–H groups in total. The lowest BCUT2D eigenvalue weighted by molar-refractivity contribution is 0.0746. The molecular formula is C31H37N7O2. The van der Waals surface area contributed by atoms with Crippen LogP contribution in [0, 0.1) is 0 Å². The largest absolute Gasteiger partial charge is 0.378 e. The Hall–Kier alpha value is -3.98. The molecule has 2 aromatic heterocycles. The first-order valence-corrected chi connectivity index (χ1v) is 14.5. The van der Waals surface area contributed by atoms with Crippen LogP contribution in [-0.4, -0.2) is 82.9 Å². The van der Waals surface area contributed by atoms with Crippen molar-refractivity contribution in [2.75, 3.05) is 62.3 Å². The maximum atomic E-state index is 13.1. The summed E-state index contributed by atoms with van der Waals surface area (Å²) < 4.78 is 7.30. The molecule has 0 saturated carbocycles. The maximum absolute atomic E-state index is 13.1. The van der Waals surface area contributed by atoms with E-state index in [4.69, 9.17) is 14.8 Å². The highest BCUT2D eigenvalue weighted by Gasteiger charge is 2.25. The molecule has 0 radical (unpaired) electrons. The van der Waals surface area contributed by atoms with Crippen molar-refractivity contribution in [1.82, 2.24) is 24.5 Å². The number of rotatable bonds is 8. The topological polar surface area (TPSA) is 79.1 Å². The Balaban J connectivity index is 1.11. The van der Waals surface area contributed by atoms with E-state index in [2.05, 4.69) is 58.1 Å². The van der Waals surface area contributed by atoms with Gasteiger partial charge in [-0.15, -0.1) is 5.10 Å². The van der Waals surface area contributed by atoms with Crippen LogP contribution in [0.15, 0.2) is 60.8 Å². The van der Waals surface area contributed by atoms with Crippen LogP contribution in [0.2, 0.25) is 0 Å². The number of nitrogens with zero attached hydrogens (tertiary/aromatic N) is 7. The number of benzene rings is 2. The number of morpholine rings is 1. The van der Waals surface area contributed by atoms with Crippen LogP contribution in [0.5, 0.6) is 0 Å². The average Bonchev–Trinajstić information content (AvgIpc) is 3.47. The van der Waals surface area contributed by atoms with Crippen molar-refractivity contribution < 1.29 is 9.53 Å². The van der Waals surface area contributed by atoms with Gasteiger partial charge in [0.25, 0.3) is 11.7 Å². The van der Waals surface area contributed by atoms with Gasteiger partial charge in [0, 0.05) is 62.3 Å². The van der Waals surface area contributed by atoms with Gasteiger partial charge in [-0.1, -0.05) is 44.0 Å². The molecule has 40 heavy (non-hydrogen) atoms. The third kappa shape index (κ3) is 5.65. The van der Waals surface area contributed by atoms with Crippen LogP contribution in [-0.2, 0) is 11.2 Å². The van der Waals surface area contributed by atoms with Crippen molar-refractivity contribution in [3.8, 4) is 11.3 Å². The summed E-state index contributed by atoms with van der Waals surface area (Å²) in [6.45, 7) is 8.21. The van der Waals surface area contributed by atoms with Gasteiger partial charge in [0.1, 0.15) is 0 Å². The summed E-state index contributed by atoms with van der Waals surface area (Å²) in [5.74, 6) is 1.31. The molecule has 0 spiro atoms. The molecule has 0 atom stereocenters. The molecule has 6 rings (SSSR count). The molecule has 0 aliphatic carbocycles. The van der Waals surface area contributed by atoms with Gasteiger partial charge in [0.2, 0.25) is 5.95 Å². The Kier molecular flexibility index (Phi) is 7.90. The second-order valence-corrected chi connectivity index (χ2v) is 10.5.